The summed E-state index contributed by atoms with van der Waals surface area (Å²) in [6, 6.07) is 25.0. The molecule has 3 aromatic heterocycles. The average Bonchev–Trinajstić information content (AvgIpc) is 3.69. The van der Waals surface area contributed by atoms with E-state index in [0.29, 0.717) is 88.7 Å². The first-order valence-electron chi connectivity index (χ1n) is 21.2. The Kier molecular flexibility index (Phi) is 12.7. The molecule has 3 aliphatic heterocycles. The fourth-order valence-electron chi connectivity index (χ4n) is 8.42. The van der Waals surface area contributed by atoms with Crippen molar-refractivity contribution in [2.45, 2.75) is 57.9 Å². The maximum Gasteiger partial charge on any atom is 0.345 e. The first kappa shape index (κ1) is 44.1. The van der Waals surface area contributed by atoms with E-state index in [1.54, 1.807) is 31.5 Å². The van der Waals surface area contributed by atoms with Gasteiger partial charge in [-0.25, -0.2) is 37.9 Å². The van der Waals surface area contributed by atoms with Gasteiger partial charge < -0.3 is 24.2 Å². The molecule has 0 spiro atoms. The number of carboxylic acids is 1. The minimum absolute atomic E-state index is 0.0427. The first-order chi connectivity index (χ1) is 31.4. The number of aromatic nitrogens is 4. The number of carboxylic acid groups (broad SMARTS) is 1. The molecule has 1 N–H and O–H groups in total. The molecular formula is C49H44ClF3N6O5S. The van der Waals surface area contributed by atoms with Crippen molar-refractivity contribution >= 4 is 39.1 Å². The van der Waals surface area contributed by atoms with Crippen molar-refractivity contribution in [3.8, 4) is 50.3 Å². The zero-order valence-electron chi connectivity index (χ0n) is 35.6. The number of benzene rings is 4. The number of fused-ring (bicyclic) bond motifs is 6. The molecule has 0 unspecified atom stereocenters. The number of aliphatic carboxylic acids is 1. The zero-order chi connectivity index (χ0) is 45.2. The van der Waals surface area contributed by atoms with Crippen LogP contribution in [0.2, 0.25) is 5.02 Å². The fraction of sp³-hybridized carbons (Fsp3) is 0.286. The highest BCUT2D eigenvalue weighted by atomic mass is 35.5. The van der Waals surface area contributed by atoms with Crippen LogP contribution in [0.1, 0.15) is 40.8 Å². The van der Waals surface area contributed by atoms with Gasteiger partial charge in [0, 0.05) is 80.2 Å². The van der Waals surface area contributed by atoms with Crippen LogP contribution in [0.3, 0.4) is 0 Å². The molecule has 4 aromatic carbocycles. The molecule has 1 saturated heterocycles. The summed E-state index contributed by atoms with van der Waals surface area (Å²) in [6.07, 6.45) is 1.08. The Balaban J connectivity index is 1.13. The highest BCUT2D eigenvalue weighted by molar-refractivity contribution is 7.22. The minimum Gasteiger partial charge on any atom is -0.496 e. The Labute approximate surface area is 382 Å². The van der Waals surface area contributed by atoms with Gasteiger partial charge in [-0.15, -0.1) is 11.3 Å². The van der Waals surface area contributed by atoms with Gasteiger partial charge in [0.2, 0.25) is 12.0 Å². The highest BCUT2D eigenvalue weighted by Gasteiger charge is 2.34. The van der Waals surface area contributed by atoms with E-state index in [4.69, 9.17) is 30.8 Å². The van der Waals surface area contributed by atoms with Crippen molar-refractivity contribution < 1.29 is 37.3 Å². The summed E-state index contributed by atoms with van der Waals surface area (Å²) in [7, 11) is 1.58. The SMILES string of the molecule is COc1ccccc1-c1nccc(COc2ccc3cc2C[C@H](C(=O)O)Oc2ncnc4sc(-c5ccc(F)cc5)c(c24)-c2ccc(c(Cl)c2C)CN(CCN2CCC(F)(F)CC2)C3)n1. The van der Waals surface area contributed by atoms with Crippen molar-refractivity contribution in [1.82, 2.24) is 29.7 Å². The molecule has 10 rings (SSSR count). The number of para-hydroxylation sites is 1. The first-order valence-corrected chi connectivity index (χ1v) is 22.4. The highest BCUT2D eigenvalue weighted by Crippen LogP contribution is 2.49. The van der Waals surface area contributed by atoms with Gasteiger partial charge in [0.1, 0.15) is 35.1 Å². The number of likely N-dealkylation sites (tertiary alicyclic amines) is 1. The number of hydrogen-bond acceptors (Lipinski definition) is 11. The molecule has 11 nitrogen and oxygen atoms in total. The van der Waals surface area contributed by atoms with Gasteiger partial charge >= 0.3 is 5.97 Å². The molecule has 0 amide bonds. The second-order valence-corrected chi connectivity index (χ2v) is 17.6. The van der Waals surface area contributed by atoms with Crippen LogP contribution in [-0.4, -0.2) is 86.1 Å². The molecule has 3 aliphatic rings. The smallest absolute Gasteiger partial charge is 0.345 e. The number of alkyl halides is 2. The maximum absolute atomic E-state index is 14.3. The number of hydrogen-bond donors (Lipinski definition) is 1. The standard InChI is InChI=1S/C49H44ClF3N6O5S/c1-29-36-13-10-32(43(29)50)26-59(22-21-58-19-16-49(52,53)17-20-58)25-30-7-14-38(63-27-35-15-18-54-45(57-35)37-5-3-4-6-39(37)62-2)33(23-30)24-40(48(60)61)64-46-42-41(36)44(65-47(42)56-28-55-46)31-8-11-34(51)12-9-31/h3-15,18,23,28,40H,16-17,19-22,24-27H2,1-2H3,(H,60,61)/t40-/m1/s1. The van der Waals surface area contributed by atoms with Crippen molar-refractivity contribution in [2.75, 3.05) is 33.3 Å². The minimum atomic E-state index is -2.66. The molecule has 334 valence electrons. The Bertz CT molecular complexity index is 2870. The van der Waals surface area contributed by atoms with Crippen LogP contribution in [-0.2, 0) is 30.9 Å². The van der Waals surface area contributed by atoms with Gasteiger partial charge in [-0.1, -0.05) is 60.1 Å². The van der Waals surface area contributed by atoms with E-state index in [1.807, 2.05) is 61.5 Å². The Morgan fingerprint density at radius 2 is 1.71 bits per heavy atom. The van der Waals surface area contributed by atoms with Crippen molar-refractivity contribution in [3.05, 3.63) is 136 Å². The number of piperidine rings is 1. The van der Waals surface area contributed by atoms with Crippen LogP contribution in [0.25, 0.3) is 43.2 Å². The number of nitrogens with zero attached hydrogens (tertiary/aromatic N) is 6. The van der Waals surface area contributed by atoms with Crippen molar-refractivity contribution in [1.29, 1.82) is 0 Å². The molecule has 0 saturated carbocycles. The summed E-state index contributed by atoms with van der Waals surface area (Å²) in [5, 5.41) is 11.9. The van der Waals surface area contributed by atoms with E-state index in [9.17, 15) is 23.1 Å². The molecule has 16 heteroatoms. The van der Waals surface area contributed by atoms with Crippen LogP contribution < -0.4 is 14.2 Å². The topological polar surface area (TPSA) is 123 Å². The van der Waals surface area contributed by atoms with E-state index >= 15 is 0 Å². The van der Waals surface area contributed by atoms with Crippen LogP contribution >= 0.6 is 22.9 Å². The fourth-order valence-corrected chi connectivity index (χ4v) is 9.80. The predicted octanol–water partition coefficient (Wildman–Crippen LogP) is 10.3. The Morgan fingerprint density at radius 1 is 0.923 bits per heavy atom. The Hall–Kier alpha value is -6.13. The second kappa shape index (κ2) is 18.8. The van der Waals surface area contributed by atoms with E-state index in [-0.39, 0.29) is 37.6 Å². The number of thiophene rings is 1. The van der Waals surface area contributed by atoms with Gasteiger partial charge in [0.25, 0.3) is 5.92 Å². The number of rotatable bonds is 10. The summed E-state index contributed by atoms with van der Waals surface area (Å²) in [6.45, 7) is 4.54. The van der Waals surface area contributed by atoms with E-state index in [2.05, 4.69) is 24.8 Å². The summed E-state index contributed by atoms with van der Waals surface area (Å²) in [4.78, 5) is 37.2. The monoisotopic (exact) mass is 920 g/mol. The predicted molar refractivity (Wildman–Crippen MR) is 243 cm³/mol. The van der Waals surface area contributed by atoms with Crippen LogP contribution in [0.5, 0.6) is 17.4 Å². The summed E-state index contributed by atoms with van der Waals surface area (Å²) < 4.78 is 61.0. The van der Waals surface area contributed by atoms with Crippen molar-refractivity contribution in [2.24, 2.45) is 0 Å². The van der Waals surface area contributed by atoms with Crippen LogP contribution in [0, 0.1) is 12.7 Å². The maximum atomic E-state index is 14.3. The van der Waals surface area contributed by atoms with E-state index < -0.39 is 18.0 Å². The largest absolute Gasteiger partial charge is 0.496 e. The molecule has 7 aromatic rings. The van der Waals surface area contributed by atoms with Gasteiger partial charge in [0.15, 0.2) is 5.82 Å². The quantitative estimate of drug-likeness (QED) is 0.141. The summed E-state index contributed by atoms with van der Waals surface area (Å²) >= 11 is 8.67. The average molecular weight is 921 g/mol. The lowest BCUT2D eigenvalue weighted by molar-refractivity contribution is -0.145. The summed E-state index contributed by atoms with van der Waals surface area (Å²) in [5.74, 6) is -2.69. The molecule has 4 bridgehead atoms. The number of carbonyl (C=O) groups is 1. The normalized spacial score (nSPS) is 16.6. The molecule has 65 heavy (non-hydrogen) atoms. The lowest BCUT2D eigenvalue weighted by Crippen LogP contribution is -2.42. The number of halogens is 4. The lowest BCUT2D eigenvalue weighted by atomic mass is 9.94. The third kappa shape index (κ3) is 9.64. The summed E-state index contributed by atoms with van der Waals surface area (Å²) in [5.41, 5.74) is 6.52. The molecule has 6 heterocycles. The zero-order valence-corrected chi connectivity index (χ0v) is 37.1. The molecule has 1 fully saturated rings. The van der Waals surface area contributed by atoms with Crippen molar-refractivity contribution in [3.63, 3.8) is 0 Å². The van der Waals surface area contributed by atoms with E-state index in [0.717, 1.165) is 38.3 Å². The third-order valence-corrected chi connectivity index (χ3v) is 13.6. The van der Waals surface area contributed by atoms with Gasteiger partial charge in [0.05, 0.1) is 23.8 Å². The van der Waals surface area contributed by atoms with Gasteiger partial charge in [-0.3, -0.25) is 4.90 Å². The van der Waals surface area contributed by atoms with Gasteiger partial charge in [-0.05, 0) is 76.7 Å². The van der Waals surface area contributed by atoms with E-state index in [1.165, 1.54) is 29.8 Å². The van der Waals surface area contributed by atoms with Crippen LogP contribution in [0.4, 0.5) is 13.2 Å². The van der Waals surface area contributed by atoms with Crippen LogP contribution in [0.15, 0.2) is 97.5 Å². The molecule has 0 radical (unpaired) electrons. The van der Waals surface area contributed by atoms with Gasteiger partial charge in [-0.2, -0.15) is 0 Å². The second-order valence-electron chi connectivity index (χ2n) is 16.2. The number of methoxy groups -OCH3 is 1. The molecular weight excluding hydrogens is 877 g/mol. The number of ether oxygens (including phenoxy) is 3. The molecule has 1 atom stereocenters. The molecule has 0 aliphatic carbocycles. The lowest BCUT2D eigenvalue weighted by Gasteiger charge is -2.33. The Morgan fingerprint density at radius 3 is 2.49 bits per heavy atom. The third-order valence-electron chi connectivity index (χ3n) is 11.9.